The molecule has 2 rings (SSSR count). The number of aliphatic imine (C=N–C) groups is 1. The second kappa shape index (κ2) is 6.67. The Hall–Kier alpha value is 0. The van der Waals surface area contributed by atoms with Gasteiger partial charge < -0.3 is 11.1 Å². The molecule has 0 aromatic heterocycles. The molecule has 2 unspecified atom stereocenters. The molecule has 2 aliphatic carbocycles. The van der Waals surface area contributed by atoms with Gasteiger partial charge in [-0.2, -0.15) is 0 Å². The van der Waals surface area contributed by atoms with Crippen molar-refractivity contribution in [2.45, 2.75) is 64.0 Å². The predicted molar refractivity (Wildman–Crippen MR) is 79.2 cm³/mol. The second-order valence-corrected chi connectivity index (χ2v) is 5.12. The van der Waals surface area contributed by atoms with Crippen LogP contribution >= 0.6 is 24.0 Å². The SMILES string of the molecule is CC1CCC1N=C(N)NC1CCCCC1.I. The minimum Gasteiger partial charge on any atom is -0.370 e. The van der Waals surface area contributed by atoms with E-state index in [1.165, 1.54) is 44.9 Å². The van der Waals surface area contributed by atoms with E-state index in [-0.39, 0.29) is 24.0 Å². The normalized spacial score (nSPS) is 31.4. The highest BCUT2D eigenvalue weighted by Crippen LogP contribution is 2.29. The van der Waals surface area contributed by atoms with Crippen LogP contribution in [-0.2, 0) is 0 Å². The summed E-state index contributed by atoms with van der Waals surface area (Å²) in [4.78, 5) is 4.54. The zero-order chi connectivity index (χ0) is 10.7. The number of hydrogen-bond acceptors (Lipinski definition) is 1. The topological polar surface area (TPSA) is 50.4 Å². The van der Waals surface area contributed by atoms with Crippen molar-refractivity contribution in [3.05, 3.63) is 0 Å². The molecule has 4 heteroatoms. The van der Waals surface area contributed by atoms with Crippen LogP contribution in [-0.4, -0.2) is 18.0 Å². The first-order valence-corrected chi connectivity index (χ1v) is 6.35. The van der Waals surface area contributed by atoms with Crippen molar-refractivity contribution in [1.82, 2.24) is 5.32 Å². The molecule has 2 atom stereocenters. The van der Waals surface area contributed by atoms with Crippen molar-refractivity contribution in [2.75, 3.05) is 0 Å². The summed E-state index contributed by atoms with van der Waals surface area (Å²) in [7, 11) is 0. The Morgan fingerprint density at radius 1 is 1.12 bits per heavy atom. The summed E-state index contributed by atoms with van der Waals surface area (Å²) in [6.07, 6.45) is 9.11. The van der Waals surface area contributed by atoms with Crippen LogP contribution in [0.3, 0.4) is 0 Å². The number of nitrogens with one attached hydrogen (secondary N) is 1. The van der Waals surface area contributed by atoms with Crippen LogP contribution in [0.1, 0.15) is 51.9 Å². The Morgan fingerprint density at radius 3 is 2.31 bits per heavy atom. The molecule has 16 heavy (non-hydrogen) atoms. The zero-order valence-electron chi connectivity index (χ0n) is 10.1. The number of rotatable bonds is 2. The van der Waals surface area contributed by atoms with Crippen LogP contribution in [0.25, 0.3) is 0 Å². The molecule has 0 spiro atoms. The first kappa shape index (κ1) is 14.1. The molecule has 0 bridgehead atoms. The van der Waals surface area contributed by atoms with Crippen LogP contribution in [0.5, 0.6) is 0 Å². The average molecular weight is 337 g/mol. The molecule has 94 valence electrons. The van der Waals surface area contributed by atoms with Gasteiger partial charge in [0.1, 0.15) is 0 Å². The largest absolute Gasteiger partial charge is 0.370 e. The molecule has 2 aliphatic rings. The van der Waals surface area contributed by atoms with E-state index in [9.17, 15) is 0 Å². The number of nitrogens with zero attached hydrogens (tertiary/aromatic N) is 1. The van der Waals surface area contributed by atoms with Crippen LogP contribution in [0.4, 0.5) is 0 Å². The van der Waals surface area contributed by atoms with Gasteiger partial charge in [0.2, 0.25) is 0 Å². The van der Waals surface area contributed by atoms with Gasteiger partial charge in [0.25, 0.3) is 0 Å². The summed E-state index contributed by atoms with van der Waals surface area (Å²) < 4.78 is 0. The van der Waals surface area contributed by atoms with Crippen LogP contribution in [0.15, 0.2) is 4.99 Å². The second-order valence-electron chi connectivity index (χ2n) is 5.12. The Morgan fingerprint density at radius 2 is 1.81 bits per heavy atom. The van der Waals surface area contributed by atoms with Crippen molar-refractivity contribution < 1.29 is 0 Å². The third-order valence-corrected chi connectivity index (χ3v) is 3.84. The molecule has 3 nitrogen and oxygen atoms in total. The first-order valence-electron chi connectivity index (χ1n) is 6.35. The van der Waals surface area contributed by atoms with Crippen LogP contribution in [0, 0.1) is 5.92 Å². The van der Waals surface area contributed by atoms with Gasteiger partial charge in [-0.05, 0) is 31.6 Å². The maximum Gasteiger partial charge on any atom is 0.189 e. The van der Waals surface area contributed by atoms with Gasteiger partial charge in [-0.15, -0.1) is 24.0 Å². The monoisotopic (exact) mass is 337 g/mol. The number of nitrogens with two attached hydrogens (primary N) is 1. The molecule has 2 saturated carbocycles. The number of hydrogen-bond donors (Lipinski definition) is 2. The minimum atomic E-state index is 0. The predicted octanol–water partition coefficient (Wildman–Crippen LogP) is 2.64. The van der Waals surface area contributed by atoms with Crippen molar-refractivity contribution in [1.29, 1.82) is 0 Å². The van der Waals surface area contributed by atoms with Crippen molar-refractivity contribution >= 4 is 29.9 Å². The van der Waals surface area contributed by atoms with E-state index in [1.807, 2.05) is 0 Å². The molecular formula is C12H24IN3. The fourth-order valence-electron chi connectivity index (χ4n) is 2.51. The Balaban J connectivity index is 0.00000128. The highest BCUT2D eigenvalue weighted by molar-refractivity contribution is 14.0. The van der Waals surface area contributed by atoms with Gasteiger partial charge in [0, 0.05) is 6.04 Å². The van der Waals surface area contributed by atoms with Crippen LogP contribution in [0.2, 0.25) is 0 Å². The summed E-state index contributed by atoms with van der Waals surface area (Å²) in [5, 5.41) is 3.37. The Bertz CT molecular complexity index is 236. The first-order chi connectivity index (χ1) is 7.25. The van der Waals surface area contributed by atoms with E-state index < -0.39 is 0 Å². The van der Waals surface area contributed by atoms with E-state index in [0.717, 1.165) is 5.92 Å². The van der Waals surface area contributed by atoms with Crippen molar-refractivity contribution in [3.8, 4) is 0 Å². The minimum absolute atomic E-state index is 0. The van der Waals surface area contributed by atoms with Crippen molar-refractivity contribution in [3.63, 3.8) is 0 Å². The lowest BCUT2D eigenvalue weighted by Gasteiger charge is -2.31. The highest BCUT2D eigenvalue weighted by Gasteiger charge is 2.26. The van der Waals surface area contributed by atoms with Gasteiger partial charge in [0.05, 0.1) is 6.04 Å². The van der Waals surface area contributed by atoms with E-state index in [1.54, 1.807) is 0 Å². The molecule has 0 heterocycles. The highest BCUT2D eigenvalue weighted by atomic mass is 127. The number of guanidine groups is 1. The molecule has 0 amide bonds. The molecule has 3 N–H and O–H groups in total. The third kappa shape index (κ3) is 3.79. The van der Waals surface area contributed by atoms with Gasteiger partial charge in [-0.1, -0.05) is 26.2 Å². The molecule has 0 radical (unpaired) electrons. The van der Waals surface area contributed by atoms with Crippen molar-refractivity contribution in [2.24, 2.45) is 16.6 Å². The van der Waals surface area contributed by atoms with Gasteiger partial charge in [0.15, 0.2) is 5.96 Å². The lowest BCUT2D eigenvalue weighted by molar-refractivity contribution is 0.282. The molecular weight excluding hydrogens is 313 g/mol. The fraction of sp³-hybridized carbons (Fsp3) is 0.917. The maximum atomic E-state index is 5.92. The van der Waals surface area contributed by atoms with E-state index in [0.29, 0.717) is 18.0 Å². The number of halogens is 1. The standard InChI is InChI=1S/C12H23N3.HI/c1-9-7-8-11(9)15-12(13)14-10-5-3-2-4-6-10;/h9-11H,2-8H2,1H3,(H3,13,14,15);1H. The van der Waals surface area contributed by atoms with E-state index in [4.69, 9.17) is 5.73 Å². The van der Waals surface area contributed by atoms with Gasteiger partial charge >= 0.3 is 0 Å². The lowest BCUT2D eigenvalue weighted by Crippen LogP contribution is -2.43. The van der Waals surface area contributed by atoms with Gasteiger partial charge in [-0.25, -0.2) is 4.99 Å². The smallest absolute Gasteiger partial charge is 0.189 e. The van der Waals surface area contributed by atoms with Crippen LogP contribution < -0.4 is 11.1 Å². The lowest BCUT2D eigenvalue weighted by atomic mass is 9.82. The molecule has 0 aromatic rings. The summed E-state index contributed by atoms with van der Waals surface area (Å²) in [6, 6.07) is 1.07. The molecule has 0 aliphatic heterocycles. The third-order valence-electron chi connectivity index (χ3n) is 3.84. The zero-order valence-corrected chi connectivity index (χ0v) is 12.4. The summed E-state index contributed by atoms with van der Waals surface area (Å²) in [6.45, 7) is 2.26. The quantitative estimate of drug-likeness (QED) is 0.462. The molecule has 0 aromatic carbocycles. The summed E-state index contributed by atoms with van der Waals surface area (Å²) in [5.41, 5.74) is 5.92. The van der Waals surface area contributed by atoms with E-state index in [2.05, 4.69) is 17.2 Å². The average Bonchev–Trinajstić information content (AvgIpc) is 2.25. The summed E-state index contributed by atoms with van der Waals surface area (Å²) in [5.74, 6) is 1.41. The fourth-order valence-corrected chi connectivity index (χ4v) is 2.51. The molecule has 0 saturated heterocycles. The molecule has 2 fully saturated rings. The van der Waals surface area contributed by atoms with E-state index >= 15 is 0 Å². The summed E-state index contributed by atoms with van der Waals surface area (Å²) >= 11 is 0. The maximum absolute atomic E-state index is 5.92. The Kier molecular flexibility index (Phi) is 5.86. The van der Waals surface area contributed by atoms with Gasteiger partial charge in [-0.3, -0.25) is 0 Å². The Labute approximate surface area is 116 Å².